The van der Waals surface area contributed by atoms with Crippen molar-refractivity contribution in [3.63, 3.8) is 0 Å². The maximum atomic E-state index is 13.2. The first-order valence-corrected chi connectivity index (χ1v) is 13.6. The Morgan fingerprint density at radius 2 is 1.82 bits per heavy atom. The lowest BCUT2D eigenvalue weighted by atomic mass is 10.0. The number of carbonyl (C=O) groups is 3. The number of amidine groups is 1. The first-order chi connectivity index (χ1) is 19.3. The van der Waals surface area contributed by atoms with Gasteiger partial charge in [0.15, 0.2) is 0 Å². The fourth-order valence-corrected chi connectivity index (χ4v) is 5.84. The summed E-state index contributed by atoms with van der Waals surface area (Å²) in [6, 6.07) is 17.2. The molecule has 3 amide bonds. The van der Waals surface area contributed by atoms with Crippen molar-refractivity contribution >= 4 is 34.9 Å². The largest absolute Gasteiger partial charge is 0.457 e. The first kappa shape index (κ1) is 26.9. The van der Waals surface area contributed by atoms with Gasteiger partial charge in [0, 0.05) is 27.4 Å². The minimum absolute atomic E-state index is 0.0138. The number of ether oxygens (including phenoxy) is 1. The molecule has 2 fully saturated rings. The molecule has 2 aromatic carbocycles. The summed E-state index contributed by atoms with van der Waals surface area (Å²) in [5.74, 6) is 0.509. The second-order valence-corrected chi connectivity index (χ2v) is 11.1. The molecule has 0 radical (unpaired) electrons. The summed E-state index contributed by atoms with van der Waals surface area (Å²) >= 11 is 1.40. The van der Waals surface area contributed by atoms with Crippen LogP contribution >= 0.6 is 11.3 Å². The third-order valence-electron chi connectivity index (χ3n) is 7.27. The molecule has 1 aliphatic heterocycles. The van der Waals surface area contributed by atoms with Crippen molar-refractivity contribution in [2.45, 2.75) is 38.4 Å². The fourth-order valence-electron chi connectivity index (χ4n) is 5.02. The van der Waals surface area contributed by atoms with Crippen LogP contribution in [0.5, 0.6) is 11.5 Å². The average molecular weight is 557 g/mol. The molecule has 3 aromatic rings. The lowest BCUT2D eigenvalue weighted by Crippen LogP contribution is -2.50. The number of piperidine rings is 1. The highest BCUT2D eigenvalue weighted by molar-refractivity contribution is 7.10. The SMILES string of the molecule is [C-]#[N+]/N=C(\N)c1csc(CNC(=O)[C@@H]2C[C@]3(C)C[C@@H]3N2C(=O)CNC(=O)c2ccc(Oc3ccccc3)cc2)c1. The van der Waals surface area contributed by atoms with Crippen molar-refractivity contribution in [2.75, 3.05) is 6.54 Å². The molecule has 1 saturated carbocycles. The van der Waals surface area contributed by atoms with Gasteiger partial charge in [-0.05, 0) is 60.7 Å². The second kappa shape index (κ2) is 11.2. The summed E-state index contributed by atoms with van der Waals surface area (Å²) in [6.07, 6.45) is 1.42. The smallest absolute Gasteiger partial charge is 0.251 e. The number of benzene rings is 2. The van der Waals surface area contributed by atoms with Gasteiger partial charge in [0.25, 0.3) is 5.91 Å². The van der Waals surface area contributed by atoms with Crippen LogP contribution in [-0.4, -0.2) is 47.1 Å². The van der Waals surface area contributed by atoms with E-state index >= 15 is 0 Å². The predicted molar refractivity (Wildman–Crippen MR) is 151 cm³/mol. The zero-order chi connectivity index (χ0) is 28.3. The number of rotatable bonds is 9. The van der Waals surface area contributed by atoms with Gasteiger partial charge in [0.05, 0.1) is 13.1 Å². The van der Waals surface area contributed by atoms with E-state index in [4.69, 9.17) is 17.0 Å². The lowest BCUT2D eigenvalue weighted by molar-refractivity contribution is -0.139. The van der Waals surface area contributed by atoms with Gasteiger partial charge >= 0.3 is 0 Å². The van der Waals surface area contributed by atoms with Gasteiger partial charge in [-0.25, -0.2) is 0 Å². The number of amides is 3. The van der Waals surface area contributed by atoms with E-state index in [1.54, 1.807) is 40.6 Å². The number of hydrogen-bond donors (Lipinski definition) is 3. The summed E-state index contributed by atoms with van der Waals surface area (Å²) in [5.41, 5.74) is 6.70. The Morgan fingerprint density at radius 1 is 1.10 bits per heavy atom. The van der Waals surface area contributed by atoms with Crippen LogP contribution in [0.2, 0.25) is 0 Å². The number of nitrogens with two attached hydrogens (primary N) is 1. The maximum Gasteiger partial charge on any atom is 0.251 e. The summed E-state index contributed by atoms with van der Waals surface area (Å²) in [4.78, 5) is 44.5. The van der Waals surface area contributed by atoms with E-state index in [0.29, 0.717) is 29.0 Å². The number of fused-ring (bicyclic) bond motifs is 1. The van der Waals surface area contributed by atoms with Gasteiger partial charge in [0.1, 0.15) is 22.6 Å². The molecule has 40 heavy (non-hydrogen) atoms. The number of nitrogens with zero attached hydrogens (tertiary/aromatic N) is 3. The summed E-state index contributed by atoms with van der Waals surface area (Å²) in [7, 11) is 0. The molecule has 2 aliphatic rings. The van der Waals surface area contributed by atoms with Crippen LogP contribution in [0.25, 0.3) is 4.95 Å². The summed E-state index contributed by atoms with van der Waals surface area (Å²) < 4.78 is 5.76. The Balaban J connectivity index is 1.15. The quantitative estimate of drug-likeness (QED) is 0.161. The summed E-state index contributed by atoms with van der Waals surface area (Å²) in [5, 5.41) is 10.9. The van der Waals surface area contributed by atoms with E-state index in [-0.39, 0.29) is 48.1 Å². The Labute approximate surface area is 235 Å². The third kappa shape index (κ3) is 5.82. The molecule has 4 N–H and O–H groups in total. The van der Waals surface area contributed by atoms with E-state index in [1.165, 1.54) is 11.3 Å². The van der Waals surface area contributed by atoms with Crippen LogP contribution in [0, 0.1) is 12.0 Å². The highest BCUT2D eigenvalue weighted by Crippen LogP contribution is 2.59. The minimum atomic E-state index is -0.601. The molecule has 1 aliphatic carbocycles. The maximum absolute atomic E-state index is 13.2. The second-order valence-electron chi connectivity index (χ2n) is 10.1. The number of para-hydroxylation sites is 1. The third-order valence-corrected chi connectivity index (χ3v) is 8.20. The monoisotopic (exact) mass is 556 g/mol. The molecule has 3 atom stereocenters. The van der Waals surface area contributed by atoms with Gasteiger partial charge in [-0.1, -0.05) is 25.1 Å². The van der Waals surface area contributed by atoms with Crippen LogP contribution in [0.3, 0.4) is 0 Å². The molecule has 204 valence electrons. The fraction of sp³-hybridized carbons (Fsp3) is 0.276. The zero-order valence-corrected chi connectivity index (χ0v) is 22.6. The molecule has 1 saturated heterocycles. The lowest BCUT2D eigenvalue weighted by Gasteiger charge is -2.27. The first-order valence-electron chi connectivity index (χ1n) is 12.7. The van der Waals surface area contributed by atoms with Crippen LogP contribution in [0.4, 0.5) is 0 Å². The van der Waals surface area contributed by atoms with Crippen molar-refractivity contribution in [1.82, 2.24) is 15.5 Å². The molecule has 2 heterocycles. The standard InChI is InChI=1S/C29H28N6O4S/c1-29-13-23(28(38)32-15-22-12-19(17-40-22)26(30)34-31-2)35(24(29)14-29)25(36)16-33-27(37)18-8-10-21(11-9-18)39-20-6-4-3-5-7-20/h3-12,17,23-24H,13-16H2,1H3,(H2,30,34)(H,32,38)(H,33,37)/t23-,24-,29+/m0/s1. The molecule has 5 rings (SSSR count). The normalized spacial score (nSPS) is 21.2. The van der Waals surface area contributed by atoms with E-state index in [0.717, 1.165) is 11.3 Å². The predicted octanol–water partition coefficient (Wildman–Crippen LogP) is 3.51. The number of carbonyl (C=O) groups excluding carboxylic acids is 3. The number of hydrogen-bond acceptors (Lipinski definition) is 6. The van der Waals surface area contributed by atoms with Gasteiger partial charge in [-0.3, -0.25) is 14.4 Å². The van der Waals surface area contributed by atoms with Crippen molar-refractivity contribution in [3.05, 3.63) is 93.6 Å². The molecule has 11 heteroatoms. The van der Waals surface area contributed by atoms with E-state index in [9.17, 15) is 14.4 Å². The van der Waals surface area contributed by atoms with E-state index in [1.807, 2.05) is 30.3 Å². The van der Waals surface area contributed by atoms with Gasteiger partial charge in [0.2, 0.25) is 17.6 Å². The number of thiophene rings is 1. The van der Waals surface area contributed by atoms with Crippen molar-refractivity contribution in [2.24, 2.45) is 16.3 Å². The van der Waals surface area contributed by atoms with Crippen LogP contribution in [-0.2, 0) is 16.1 Å². The van der Waals surface area contributed by atoms with Crippen LogP contribution in [0.15, 0.2) is 71.1 Å². The molecule has 10 nitrogen and oxygen atoms in total. The molecule has 0 unspecified atom stereocenters. The number of likely N-dealkylation sites (tertiary alicyclic amines) is 1. The molecule has 0 bridgehead atoms. The Kier molecular flexibility index (Phi) is 7.53. The Bertz CT molecular complexity index is 1500. The van der Waals surface area contributed by atoms with Gasteiger partial charge in [-0.15, -0.1) is 16.3 Å². The highest BCUT2D eigenvalue weighted by atomic mass is 32.1. The van der Waals surface area contributed by atoms with Gasteiger partial charge in [-0.2, -0.15) is 6.57 Å². The Morgan fingerprint density at radius 3 is 2.55 bits per heavy atom. The van der Waals surface area contributed by atoms with Crippen molar-refractivity contribution < 1.29 is 19.1 Å². The molecular weight excluding hydrogens is 528 g/mol. The van der Waals surface area contributed by atoms with Crippen molar-refractivity contribution in [1.29, 1.82) is 0 Å². The van der Waals surface area contributed by atoms with E-state index < -0.39 is 6.04 Å². The molecular formula is C29H28N6O4S. The minimum Gasteiger partial charge on any atom is -0.457 e. The topological polar surface area (TPSA) is 130 Å². The van der Waals surface area contributed by atoms with Crippen molar-refractivity contribution in [3.8, 4) is 11.5 Å². The van der Waals surface area contributed by atoms with Gasteiger partial charge < -0.3 is 26.0 Å². The molecule has 0 spiro atoms. The average Bonchev–Trinajstić information content (AvgIpc) is 3.26. The zero-order valence-electron chi connectivity index (χ0n) is 21.8. The molecule has 1 aromatic heterocycles. The number of nitrogens with one attached hydrogen (secondary N) is 2. The summed E-state index contributed by atoms with van der Waals surface area (Å²) in [6.45, 7) is 8.94. The Hall–Kier alpha value is -4.69. The highest BCUT2D eigenvalue weighted by Gasteiger charge is 2.64. The van der Waals surface area contributed by atoms with Crippen LogP contribution in [0.1, 0.15) is 40.6 Å². The van der Waals surface area contributed by atoms with E-state index in [2.05, 4.69) is 27.6 Å². The van der Waals surface area contributed by atoms with Crippen LogP contribution < -0.4 is 21.1 Å².